The van der Waals surface area contributed by atoms with E-state index < -0.39 is 17.7 Å². The Morgan fingerprint density at radius 3 is 2.64 bits per heavy atom. The molecule has 0 saturated heterocycles. The molecule has 2 aromatic carbocycles. The van der Waals surface area contributed by atoms with Gasteiger partial charge in [0.25, 0.3) is 0 Å². The molecule has 28 heavy (non-hydrogen) atoms. The van der Waals surface area contributed by atoms with Crippen molar-refractivity contribution in [2.45, 2.75) is 38.8 Å². The first-order valence-electron chi connectivity index (χ1n) is 9.17. The lowest BCUT2D eigenvalue weighted by Gasteiger charge is -2.27. The Morgan fingerprint density at radius 1 is 1.18 bits per heavy atom. The van der Waals surface area contributed by atoms with Crippen molar-refractivity contribution in [1.82, 2.24) is 20.1 Å². The van der Waals surface area contributed by atoms with Crippen molar-refractivity contribution in [2.75, 3.05) is 0 Å². The number of rotatable bonds is 2. The third-order valence-electron chi connectivity index (χ3n) is 4.55. The van der Waals surface area contributed by atoms with E-state index in [0.717, 1.165) is 22.4 Å². The molecule has 2 heterocycles. The molecule has 1 atom stereocenters. The topological polar surface area (TPSA) is 89.0 Å². The second kappa shape index (κ2) is 6.67. The summed E-state index contributed by atoms with van der Waals surface area (Å²) in [6, 6.07) is 15.5. The smallest absolute Gasteiger partial charge is 0.408 e. The van der Waals surface area contributed by atoms with Gasteiger partial charge in [-0.2, -0.15) is 5.10 Å². The number of carbonyl (C=O) groups excluding carboxylic acids is 1. The van der Waals surface area contributed by atoms with E-state index >= 15 is 0 Å². The third kappa shape index (κ3) is 3.43. The summed E-state index contributed by atoms with van der Waals surface area (Å²) in [5.74, 6) is 0.468. The van der Waals surface area contributed by atoms with Crippen molar-refractivity contribution in [3.63, 3.8) is 0 Å². The van der Waals surface area contributed by atoms with Crippen LogP contribution < -0.4 is 11.0 Å². The minimum absolute atomic E-state index is 0.334. The van der Waals surface area contributed by atoms with Gasteiger partial charge in [-0.25, -0.2) is 19.3 Å². The van der Waals surface area contributed by atoms with Crippen LogP contribution in [0.15, 0.2) is 53.3 Å². The maximum atomic E-state index is 12.3. The van der Waals surface area contributed by atoms with E-state index in [1.807, 2.05) is 42.5 Å². The van der Waals surface area contributed by atoms with Crippen molar-refractivity contribution in [3.8, 4) is 16.8 Å². The first kappa shape index (κ1) is 18.0. The molecule has 7 heteroatoms. The molecular formula is C21H22N4O3. The van der Waals surface area contributed by atoms with Gasteiger partial charge < -0.3 is 10.1 Å². The SMILES string of the molecule is CC(C)(C)OC(=O)NC1Cc2cc(-c3ccccc3)ccc2-n2c1n[nH]c2=O. The molecule has 3 aromatic rings. The summed E-state index contributed by atoms with van der Waals surface area (Å²) in [6.07, 6.45) is -0.0262. The minimum atomic E-state index is -0.609. The monoisotopic (exact) mass is 378 g/mol. The molecule has 0 spiro atoms. The predicted molar refractivity (Wildman–Crippen MR) is 105 cm³/mol. The number of carbonyl (C=O) groups is 1. The number of hydrogen-bond donors (Lipinski definition) is 2. The highest BCUT2D eigenvalue weighted by Crippen LogP contribution is 2.32. The van der Waals surface area contributed by atoms with Gasteiger partial charge in [-0.15, -0.1) is 0 Å². The molecule has 1 amide bonds. The first-order valence-corrected chi connectivity index (χ1v) is 9.17. The molecule has 4 rings (SSSR count). The van der Waals surface area contributed by atoms with Gasteiger partial charge in [0.05, 0.1) is 11.7 Å². The second-order valence-electron chi connectivity index (χ2n) is 7.83. The summed E-state index contributed by atoms with van der Waals surface area (Å²) in [4.78, 5) is 24.6. The van der Waals surface area contributed by atoms with Crippen LogP contribution in [0.2, 0.25) is 0 Å². The number of H-pyrrole nitrogens is 1. The molecule has 0 fully saturated rings. The van der Waals surface area contributed by atoms with E-state index in [0.29, 0.717) is 12.2 Å². The van der Waals surface area contributed by atoms with Crippen molar-refractivity contribution in [2.24, 2.45) is 0 Å². The molecule has 0 aliphatic carbocycles. The number of nitrogens with one attached hydrogen (secondary N) is 2. The highest BCUT2D eigenvalue weighted by molar-refractivity contribution is 5.70. The molecule has 7 nitrogen and oxygen atoms in total. The Balaban J connectivity index is 1.71. The van der Waals surface area contributed by atoms with Crippen LogP contribution in [0, 0.1) is 0 Å². The van der Waals surface area contributed by atoms with E-state index in [9.17, 15) is 9.59 Å². The molecule has 144 valence electrons. The maximum absolute atomic E-state index is 12.3. The Bertz CT molecular complexity index is 1080. The Labute approximate surface area is 162 Å². The number of alkyl carbamates (subject to hydrolysis) is 1. The van der Waals surface area contributed by atoms with Crippen LogP contribution in [0.1, 0.15) is 38.2 Å². The van der Waals surface area contributed by atoms with Crippen LogP contribution in [0.3, 0.4) is 0 Å². The zero-order chi connectivity index (χ0) is 19.9. The quantitative estimate of drug-likeness (QED) is 0.716. The van der Waals surface area contributed by atoms with Crippen molar-refractivity contribution in [3.05, 3.63) is 70.4 Å². The van der Waals surface area contributed by atoms with Crippen LogP contribution in [-0.4, -0.2) is 26.5 Å². The number of amides is 1. The molecule has 1 aliphatic heterocycles. The van der Waals surface area contributed by atoms with Gasteiger partial charge >= 0.3 is 11.8 Å². The molecule has 0 radical (unpaired) electrons. The number of aromatic amines is 1. The maximum Gasteiger partial charge on any atom is 0.408 e. The van der Waals surface area contributed by atoms with E-state index in [1.54, 1.807) is 20.8 Å². The van der Waals surface area contributed by atoms with Gasteiger partial charge in [0, 0.05) is 6.42 Å². The van der Waals surface area contributed by atoms with Crippen molar-refractivity contribution in [1.29, 1.82) is 0 Å². The lowest BCUT2D eigenvalue weighted by Crippen LogP contribution is -2.39. The minimum Gasteiger partial charge on any atom is -0.444 e. The van der Waals surface area contributed by atoms with Gasteiger partial charge in [0.1, 0.15) is 5.60 Å². The molecule has 0 bridgehead atoms. The fourth-order valence-corrected chi connectivity index (χ4v) is 3.43. The standard InChI is InChI=1S/C21H22N4O3/c1-21(2,3)28-20(27)22-16-12-15-11-14(13-7-5-4-6-8-13)9-10-17(15)25-18(16)23-24-19(25)26/h4-11,16H,12H2,1-3H3,(H,22,27)(H,24,26). The van der Waals surface area contributed by atoms with Gasteiger partial charge in [0.15, 0.2) is 5.82 Å². The number of hydrogen-bond acceptors (Lipinski definition) is 4. The molecule has 1 unspecified atom stereocenters. The second-order valence-corrected chi connectivity index (χ2v) is 7.83. The lowest BCUT2D eigenvalue weighted by molar-refractivity contribution is 0.0499. The van der Waals surface area contributed by atoms with Gasteiger partial charge in [-0.05, 0) is 49.6 Å². The molecule has 1 aromatic heterocycles. The van der Waals surface area contributed by atoms with Crippen molar-refractivity contribution >= 4 is 6.09 Å². The Kier molecular flexibility index (Phi) is 4.30. The number of nitrogens with zero attached hydrogens (tertiary/aromatic N) is 2. The summed E-state index contributed by atoms with van der Waals surface area (Å²) >= 11 is 0. The summed E-state index contributed by atoms with van der Waals surface area (Å²) in [7, 11) is 0. The predicted octanol–water partition coefficient (Wildman–Crippen LogP) is 3.35. The fourth-order valence-electron chi connectivity index (χ4n) is 3.43. The number of ether oxygens (including phenoxy) is 1. The lowest BCUT2D eigenvalue weighted by atomic mass is 9.95. The highest BCUT2D eigenvalue weighted by Gasteiger charge is 2.31. The summed E-state index contributed by atoms with van der Waals surface area (Å²) in [5, 5.41) is 9.45. The van der Waals surface area contributed by atoms with Crippen LogP contribution in [-0.2, 0) is 11.2 Å². The zero-order valence-corrected chi connectivity index (χ0v) is 16.0. The number of aromatic nitrogens is 3. The normalized spacial score (nSPS) is 15.5. The molecule has 0 saturated carbocycles. The highest BCUT2D eigenvalue weighted by atomic mass is 16.6. The first-order chi connectivity index (χ1) is 13.3. The van der Waals surface area contributed by atoms with Gasteiger partial charge in [0.2, 0.25) is 0 Å². The Hall–Kier alpha value is -3.35. The van der Waals surface area contributed by atoms with Crippen LogP contribution in [0.4, 0.5) is 4.79 Å². The van der Waals surface area contributed by atoms with Crippen LogP contribution in [0.25, 0.3) is 16.8 Å². The fraction of sp³-hybridized carbons (Fsp3) is 0.286. The summed E-state index contributed by atoms with van der Waals surface area (Å²) in [6.45, 7) is 5.41. The molecular weight excluding hydrogens is 356 g/mol. The number of benzene rings is 2. The van der Waals surface area contributed by atoms with E-state index in [4.69, 9.17) is 4.74 Å². The largest absolute Gasteiger partial charge is 0.444 e. The Morgan fingerprint density at radius 2 is 1.93 bits per heavy atom. The summed E-state index contributed by atoms with van der Waals surface area (Å²) in [5.41, 5.74) is 2.93. The molecule has 1 aliphatic rings. The average Bonchev–Trinajstić information content (AvgIpc) is 3.03. The van der Waals surface area contributed by atoms with Gasteiger partial charge in [-0.3, -0.25) is 0 Å². The van der Waals surface area contributed by atoms with E-state index in [2.05, 4.69) is 21.6 Å². The van der Waals surface area contributed by atoms with Crippen LogP contribution >= 0.6 is 0 Å². The number of fused-ring (bicyclic) bond motifs is 3. The van der Waals surface area contributed by atoms with E-state index in [1.165, 1.54) is 4.57 Å². The molecule has 2 N–H and O–H groups in total. The van der Waals surface area contributed by atoms with Crippen LogP contribution in [0.5, 0.6) is 0 Å². The third-order valence-corrected chi connectivity index (χ3v) is 4.55. The van der Waals surface area contributed by atoms with E-state index in [-0.39, 0.29) is 5.69 Å². The van der Waals surface area contributed by atoms with Crippen molar-refractivity contribution < 1.29 is 9.53 Å². The zero-order valence-electron chi connectivity index (χ0n) is 16.0. The summed E-state index contributed by atoms with van der Waals surface area (Å²) < 4.78 is 6.88. The average molecular weight is 378 g/mol. The van der Waals surface area contributed by atoms with Gasteiger partial charge in [-0.1, -0.05) is 36.4 Å².